The lowest BCUT2D eigenvalue weighted by atomic mass is 9.77. The summed E-state index contributed by atoms with van der Waals surface area (Å²) in [5.41, 5.74) is 2.07. The van der Waals surface area contributed by atoms with E-state index >= 15 is 0 Å². The molecule has 0 aliphatic carbocycles. The first kappa shape index (κ1) is 25.9. The van der Waals surface area contributed by atoms with E-state index in [1.165, 1.54) is 32.1 Å². The molecule has 0 amide bonds. The van der Waals surface area contributed by atoms with Crippen molar-refractivity contribution in [1.82, 2.24) is 4.90 Å². The Morgan fingerprint density at radius 3 is 2.14 bits per heavy atom. The van der Waals surface area contributed by atoms with Crippen molar-refractivity contribution < 1.29 is 0 Å². The van der Waals surface area contributed by atoms with Crippen molar-refractivity contribution in [2.24, 2.45) is 16.8 Å². The number of rotatable bonds is 13. The molecule has 0 radical (unpaired) electrons. The van der Waals surface area contributed by atoms with E-state index in [1.807, 2.05) is 18.3 Å². The Hall–Kier alpha value is -1.09. The quantitative estimate of drug-likeness (QED) is 0.181. The summed E-state index contributed by atoms with van der Waals surface area (Å²) in [6, 6.07) is 2.54. The molecule has 1 heterocycles. The molecule has 1 aromatic rings. The lowest BCUT2D eigenvalue weighted by molar-refractivity contribution is 0.376. The maximum absolute atomic E-state index is 4.44. The molecule has 29 heavy (non-hydrogen) atoms. The van der Waals surface area contributed by atoms with Crippen molar-refractivity contribution in [2.45, 2.75) is 98.3 Å². The van der Waals surface area contributed by atoms with Gasteiger partial charge in [0, 0.05) is 34.2 Å². The standard InChI is InChI=1S/C26H46N2S/c1-11-28(10)19-27-17-15-13-12-14-16-22-18-23(25(6,7)20(2)3)29-24(22)26(8,9)21(4)5/h11,18-21H,1,12-17H2,2-10H3. The number of unbranched alkanes of at least 4 members (excludes halogenated alkanes) is 3. The van der Waals surface area contributed by atoms with Crippen LogP contribution in [0.5, 0.6) is 0 Å². The fourth-order valence-electron chi connectivity index (χ4n) is 3.13. The molecule has 3 heteroatoms. The molecular formula is C26H46N2S. The summed E-state index contributed by atoms with van der Waals surface area (Å²) in [6.45, 7) is 23.7. The van der Waals surface area contributed by atoms with Gasteiger partial charge in [0.25, 0.3) is 0 Å². The zero-order valence-corrected chi connectivity index (χ0v) is 21.5. The van der Waals surface area contributed by atoms with Gasteiger partial charge in [0.2, 0.25) is 0 Å². The molecule has 0 saturated heterocycles. The van der Waals surface area contributed by atoms with Crippen LogP contribution in [0.15, 0.2) is 23.8 Å². The second kappa shape index (κ2) is 11.3. The van der Waals surface area contributed by atoms with E-state index in [2.05, 4.69) is 84.4 Å². The van der Waals surface area contributed by atoms with E-state index in [4.69, 9.17) is 0 Å². The number of nitrogens with zero attached hydrogens (tertiary/aromatic N) is 2. The van der Waals surface area contributed by atoms with E-state index < -0.39 is 0 Å². The number of aliphatic imine (C=N–C) groups is 1. The van der Waals surface area contributed by atoms with Gasteiger partial charge in [-0.3, -0.25) is 4.99 Å². The Morgan fingerprint density at radius 2 is 1.59 bits per heavy atom. The zero-order chi connectivity index (χ0) is 22.2. The Labute approximate surface area is 185 Å². The molecule has 0 N–H and O–H groups in total. The van der Waals surface area contributed by atoms with Gasteiger partial charge in [-0.2, -0.15) is 0 Å². The molecule has 0 atom stereocenters. The molecule has 0 aromatic carbocycles. The SMILES string of the molecule is C=CN(C)C=NCCCCCCc1cc(C(C)(C)C(C)C)sc1C(C)(C)C(C)C. The third-order valence-corrected chi connectivity index (χ3v) is 8.81. The lowest BCUT2D eigenvalue weighted by Gasteiger charge is -2.30. The molecule has 0 bridgehead atoms. The molecule has 0 saturated carbocycles. The molecule has 1 aromatic heterocycles. The number of hydrogen-bond donors (Lipinski definition) is 0. The van der Waals surface area contributed by atoms with Gasteiger partial charge >= 0.3 is 0 Å². The predicted octanol–water partition coefficient (Wildman–Crippen LogP) is 7.82. The van der Waals surface area contributed by atoms with Crippen LogP contribution in [0.4, 0.5) is 0 Å². The van der Waals surface area contributed by atoms with Gasteiger partial charge in [0.05, 0.1) is 6.34 Å². The Morgan fingerprint density at radius 1 is 1.00 bits per heavy atom. The minimum Gasteiger partial charge on any atom is -0.343 e. The van der Waals surface area contributed by atoms with Crippen LogP contribution in [0, 0.1) is 11.8 Å². The normalized spacial score (nSPS) is 13.1. The third-order valence-electron chi connectivity index (χ3n) is 6.95. The maximum Gasteiger partial charge on any atom is 0.0886 e. The molecule has 0 aliphatic heterocycles. The van der Waals surface area contributed by atoms with Gasteiger partial charge in [-0.15, -0.1) is 11.3 Å². The highest BCUT2D eigenvalue weighted by atomic mass is 32.1. The molecule has 0 spiro atoms. The van der Waals surface area contributed by atoms with Crippen molar-refractivity contribution in [3.63, 3.8) is 0 Å². The Bertz CT molecular complexity index is 650. The predicted molar refractivity (Wildman–Crippen MR) is 134 cm³/mol. The molecule has 1 rings (SSSR count). The van der Waals surface area contributed by atoms with Crippen molar-refractivity contribution in [3.05, 3.63) is 34.2 Å². The summed E-state index contributed by atoms with van der Waals surface area (Å²) in [6.07, 6.45) is 9.82. The Kier molecular flexibility index (Phi) is 10.1. The van der Waals surface area contributed by atoms with Crippen LogP contribution in [0.1, 0.15) is 96.4 Å². The smallest absolute Gasteiger partial charge is 0.0886 e. The van der Waals surface area contributed by atoms with E-state index in [-0.39, 0.29) is 10.8 Å². The highest BCUT2D eigenvalue weighted by molar-refractivity contribution is 7.12. The Balaban J connectivity index is 2.75. The minimum absolute atomic E-state index is 0.233. The fourth-order valence-corrected chi connectivity index (χ4v) is 4.84. The highest BCUT2D eigenvalue weighted by Crippen LogP contribution is 2.44. The third kappa shape index (κ3) is 7.27. The summed E-state index contributed by atoms with van der Waals surface area (Å²) in [5.74, 6) is 1.28. The topological polar surface area (TPSA) is 15.6 Å². The number of aryl methyl sites for hydroxylation is 1. The van der Waals surface area contributed by atoms with Crippen LogP contribution in [0.25, 0.3) is 0 Å². The van der Waals surface area contributed by atoms with Crippen LogP contribution in [0.2, 0.25) is 0 Å². The van der Waals surface area contributed by atoms with Crippen LogP contribution in [-0.2, 0) is 17.3 Å². The van der Waals surface area contributed by atoms with Crippen molar-refractivity contribution >= 4 is 17.7 Å². The first-order chi connectivity index (χ1) is 13.4. The molecule has 166 valence electrons. The van der Waals surface area contributed by atoms with Crippen molar-refractivity contribution in [3.8, 4) is 0 Å². The van der Waals surface area contributed by atoms with Crippen LogP contribution >= 0.6 is 11.3 Å². The van der Waals surface area contributed by atoms with Crippen molar-refractivity contribution in [1.29, 1.82) is 0 Å². The molecular weight excluding hydrogens is 372 g/mol. The summed E-state index contributed by atoms with van der Waals surface area (Å²) in [7, 11) is 1.96. The van der Waals surface area contributed by atoms with Gasteiger partial charge in [0.1, 0.15) is 0 Å². The average molecular weight is 419 g/mol. The van der Waals surface area contributed by atoms with E-state index in [0.717, 1.165) is 6.54 Å². The second-order valence-corrected chi connectivity index (χ2v) is 11.3. The molecule has 0 fully saturated rings. The fraction of sp³-hybridized carbons (Fsp3) is 0.731. The number of thiophene rings is 1. The van der Waals surface area contributed by atoms with Gasteiger partial charge in [0.15, 0.2) is 0 Å². The van der Waals surface area contributed by atoms with Gasteiger partial charge in [-0.1, -0.05) is 74.8 Å². The largest absolute Gasteiger partial charge is 0.343 e. The van der Waals surface area contributed by atoms with Crippen LogP contribution < -0.4 is 0 Å². The average Bonchev–Trinajstić information content (AvgIpc) is 3.09. The summed E-state index contributed by atoms with van der Waals surface area (Å²) in [5, 5.41) is 0. The lowest BCUT2D eigenvalue weighted by Crippen LogP contribution is -2.24. The summed E-state index contributed by atoms with van der Waals surface area (Å²) >= 11 is 2.08. The van der Waals surface area contributed by atoms with Crippen molar-refractivity contribution in [2.75, 3.05) is 13.6 Å². The minimum atomic E-state index is 0.233. The highest BCUT2D eigenvalue weighted by Gasteiger charge is 2.33. The second-order valence-electron chi connectivity index (χ2n) is 10.3. The molecule has 0 unspecified atom stereocenters. The maximum atomic E-state index is 4.44. The van der Waals surface area contributed by atoms with E-state index in [1.54, 1.807) is 21.5 Å². The first-order valence-electron chi connectivity index (χ1n) is 11.4. The molecule has 0 aliphatic rings. The van der Waals surface area contributed by atoms with Gasteiger partial charge in [-0.05, 0) is 48.9 Å². The summed E-state index contributed by atoms with van der Waals surface area (Å²) < 4.78 is 0. The van der Waals surface area contributed by atoms with E-state index in [0.29, 0.717) is 11.8 Å². The zero-order valence-electron chi connectivity index (χ0n) is 20.6. The van der Waals surface area contributed by atoms with Gasteiger partial charge in [-0.25, -0.2) is 0 Å². The van der Waals surface area contributed by atoms with E-state index in [9.17, 15) is 0 Å². The van der Waals surface area contributed by atoms with Crippen LogP contribution in [0.3, 0.4) is 0 Å². The van der Waals surface area contributed by atoms with Crippen LogP contribution in [-0.4, -0.2) is 24.8 Å². The first-order valence-corrected chi connectivity index (χ1v) is 12.2. The van der Waals surface area contributed by atoms with Gasteiger partial charge < -0.3 is 4.90 Å². The molecule has 2 nitrogen and oxygen atoms in total. The number of hydrogen-bond acceptors (Lipinski definition) is 2. The summed E-state index contributed by atoms with van der Waals surface area (Å²) in [4.78, 5) is 9.52. The monoisotopic (exact) mass is 418 g/mol.